The van der Waals surface area contributed by atoms with Crippen LogP contribution in [-0.4, -0.2) is 11.5 Å². The monoisotopic (exact) mass is 336 g/mol. The molecule has 0 bridgehead atoms. The highest BCUT2D eigenvalue weighted by Gasteiger charge is 2.14. The molecule has 0 saturated heterocycles. The second kappa shape index (κ2) is 6.95. The largest absolute Gasteiger partial charge is 0.310 e. The van der Waals surface area contributed by atoms with E-state index in [9.17, 15) is 4.39 Å². The van der Waals surface area contributed by atoms with Gasteiger partial charge in [-0.3, -0.25) is 4.98 Å². The summed E-state index contributed by atoms with van der Waals surface area (Å²) in [5.41, 5.74) is 3.13. The fourth-order valence-corrected chi connectivity index (χ4v) is 2.88. The third-order valence-corrected chi connectivity index (χ3v) is 3.69. The normalized spacial score (nSPS) is 12.4. The van der Waals surface area contributed by atoms with Crippen molar-refractivity contribution in [2.45, 2.75) is 26.3 Å². The van der Waals surface area contributed by atoms with Crippen LogP contribution in [0.2, 0.25) is 0 Å². The number of rotatable bonds is 5. The summed E-state index contributed by atoms with van der Waals surface area (Å²) in [6.07, 6.45) is 2.53. The standard InChI is InChI=1S/C16H18BrFN2/c1-3-19-16(15-5-4-6-20-11(15)2)9-12-7-13(17)10-14(18)8-12/h4-8,10,16,19H,3,9H2,1-2H3. The predicted molar refractivity (Wildman–Crippen MR) is 83.2 cm³/mol. The molecule has 1 heterocycles. The van der Waals surface area contributed by atoms with Crippen molar-refractivity contribution in [2.75, 3.05) is 6.54 Å². The van der Waals surface area contributed by atoms with Crippen molar-refractivity contribution in [2.24, 2.45) is 0 Å². The average molecular weight is 337 g/mol. The lowest BCUT2D eigenvalue weighted by Crippen LogP contribution is -2.24. The van der Waals surface area contributed by atoms with Gasteiger partial charge in [-0.15, -0.1) is 0 Å². The molecule has 2 aromatic rings. The van der Waals surface area contributed by atoms with Crippen LogP contribution in [-0.2, 0) is 6.42 Å². The lowest BCUT2D eigenvalue weighted by molar-refractivity contribution is 0.542. The van der Waals surface area contributed by atoms with E-state index in [1.165, 1.54) is 6.07 Å². The van der Waals surface area contributed by atoms with Crippen LogP contribution < -0.4 is 5.32 Å². The summed E-state index contributed by atoms with van der Waals surface area (Å²) < 4.78 is 14.3. The van der Waals surface area contributed by atoms with Crippen molar-refractivity contribution in [3.8, 4) is 0 Å². The first-order valence-electron chi connectivity index (χ1n) is 6.70. The van der Waals surface area contributed by atoms with Crippen LogP contribution in [0.25, 0.3) is 0 Å². The molecule has 4 heteroatoms. The minimum atomic E-state index is -0.215. The molecule has 0 radical (unpaired) electrons. The number of halogens is 2. The maximum absolute atomic E-state index is 13.5. The van der Waals surface area contributed by atoms with E-state index in [1.807, 2.05) is 19.1 Å². The zero-order chi connectivity index (χ0) is 14.5. The molecule has 0 fully saturated rings. The van der Waals surface area contributed by atoms with Gasteiger partial charge in [0.15, 0.2) is 0 Å². The van der Waals surface area contributed by atoms with Crippen molar-refractivity contribution >= 4 is 15.9 Å². The number of likely N-dealkylation sites (N-methyl/N-ethyl adjacent to an activating group) is 1. The summed E-state index contributed by atoms with van der Waals surface area (Å²) in [5.74, 6) is -0.215. The maximum Gasteiger partial charge on any atom is 0.124 e. The molecule has 0 aliphatic carbocycles. The van der Waals surface area contributed by atoms with E-state index < -0.39 is 0 Å². The van der Waals surface area contributed by atoms with Crippen LogP contribution in [0.5, 0.6) is 0 Å². The quantitative estimate of drug-likeness (QED) is 0.885. The van der Waals surface area contributed by atoms with Gasteiger partial charge >= 0.3 is 0 Å². The van der Waals surface area contributed by atoms with Gasteiger partial charge in [0.25, 0.3) is 0 Å². The van der Waals surface area contributed by atoms with Gasteiger partial charge in [0, 0.05) is 22.4 Å². The van der Waals surface area contributed by atoms with Gasteiger partial charge in [0.2, 0.25) is 0 Å². The molecule has 0 spiro atoms. The van der Waals surface area contributed by atoms with E-state index in [4.69, 9.17) is 0 Å². The Labute approximate surface area is 127 Å². The van der Waals surface area contributed by atoms with E-state index in [2.05, 4.69) is 39.2 Å². The average Bonchev–Trinajstić information content (AvgIpc) is 2.37. The van der Waals surface area contributed by atoms with Crippen LogP contribution >= 0.6 is 15.9 Å². The van der Waals surface area contributed by atoms with Crippen molar-refractivity contribution in [1.82, 2.24) is 10.3 Å². The third kappa shape index (κ3) is 3.87. The molecule has 1 aromatic heterocycles. The van der Waals surface area contributed by atoms with Gasteiger partial charge in [-0.05, 0) is 55.3 Å². The summed E-state index contributed by atoms with van der Waals surface area (Å²) in [5, 5.41) is 3.45. The first kappa shape index (κ1) is 15.1. The lowest BCUT2D eigenvalue weighted by Gasteiger charge is -2.20. The zero-order valence-corrected chi connectivity index (χ0v) is 13.2. The Morgan fingerprint density at radius 1 is 1.35 bits per heavy atom. The van der Waals surface area contributed by atoms with Gasteiger partial charge in [-0.1, -0.05) is 28.9 Å². The predicted octanol–water partition coefficient (Wildman–Crippen LogP) is 4.18. The highest BCUT2D eigenvalue weighted by Crippen LogP contribution is 2.23. The zero-order valence-electron chi connectivity index (χ0n) is 11.7. The summed E-state index contributed by atoms with van der Waals surface area (Å²) in [6, 6.07) is 9.17. The van der Waals surface area contributed by atoms with E-state index in [0.29, 0.717) is 0 Å². The molecule has 1 atom stereocenters. The number of aryl methyl sites for hydroxylation is 1. The summed E-state index contributed by atoms with van der Waals surface area (Å²) in [7, 11) is 0. The number of nitrogens with one attached hydrogen (secondary N) is 1. The molecule has 20 heavy (non-hydrogen) atoms. The smallest absolute Gasteiger partial charge is 0.124 e. The Bertz CT molecular complexity index is 566. The van der Waals surface area contributed by atoms with Gasteiger partial charge in [-0.25, -0.2) is 4.39 Å². The Morgan fingerprint density at radius 2 is 2.15 bits per heavy atom. The first-order valence-corrected chi connectivity index (χ1v) is 7.49. The Hall–Kier alpha value is -1.26. The second-order valence-corrected chi connectivity index (χ2v) is 5.69. The van der Waals surface area contributed by atoms with E-state index >= 15 is 0 Å². The molecule has 0 amide bonds. The molecule has 0 aliphatic rings. The molecule has 0 aliphatic heterocycles. The Kier molecular flexibility index (Phi) is 5.26. The molecular weight excluding hydrogens is 319 g/mol. The minimum absolute atomic E-state index is 0.141. The van der Waals surface area contributed by atoms with E-state index in [1.54, 1.807) is 12.3 Å². The summed E-state index contributed by atoms with van der Waals surface area (Å²) in [4.78, 5) is 4.34. The first-order chi connectivity index (χ1) is 9.60. The SMILES string of the molecule is CCNC(Cc1cc(F)cc(Br)c1)c1cccnc1C. The molecule has 1 unspecified atom stereocenters. The molecular formula is C16H18BrFN2. The summed E-state index contributed by atoms with van der Waals surface area (Å²) >= 11 is 3.34. The van der Waals surface area contributed by atoms with Crippen molar-refractivity contribution in [3.63, 3.8) is 0 Å². The van der Waals surface area contributed by atoms with Crippen LogP contribution in [0.1, 0.15) is 29.8 Å². The van der Waals surface area contributed by atoms with Crippen LogP contribution in [0.3, 0.4) is 0 Å². The van der Waals surface area contributed by atoms with Crippen LogP contribution in [0, 0.1) is 12.7 Å². The number of aromatic nitrogens is 1. The molecule has 1 aromatic carbocycles. The number of pyridine rings is 1. The van der Waals surface area contributed by atoms with Crippen molar-refractivity contribution < 1.29 is 4.39 Å². The number of hydrogen-bond donors (Lipinski definition) is 1. The number of benzene rings is 1. The van der Waals surface area contributed by atoms with Gasteiger partial charge < -0.3 is 5.32 Å². The van der Waals surface area contributed by atoms with Gasteiger partial charge in [0.05, 0.1) is 0 Å². The fraction of sp³-hybridized carbons (Fsp3) is 0.312. The van der Waals surface area contributed by atoms with Crippen molar-refractivity contribution in [3.05, 3.63) is 63.6 Å². The second-order valence-electron chi connectivity index (χ2n) is 4.77. The number of nitrogens with zero attached hydrogens (tertiary/aromatic N) is 1. The maximum atomic E-state index is 13.5. The topological polar surface area (TPSA) is 24.9 Å². The van der Waals surface area contributed by atoms with E-state index in [-0.39, 0.29) is 11.9 Å². The molecule has 1 N–H and O–H groups in total. The molecule has 2 rings (SSSR count). The molecule has 2 nitrogen and oxygen atoms in total. The number of hydrogen-bond acceptors (Lipinski definition) is 2. The minimum Gasteiger partial charge on any atom is -0.310 e. The van der Waals surface area contributed by atoms with Gasteiger partial charge in [-0.2, -0.15) is 0 Å². The van der Waals surface area contributed by atoms with Gasteiger partial charge in [0.1, 0.15) is 5.82 Å². The third-order valence-electron chi connectivity index (χ3n) is 3.24. The lowest BCUT2D eigenvalue weighted by atomic mass is 9.98. The van der Waals surface area contributed by atoms with E-state index in [0.717, 1.165) is 34.3 Å². The highest BCUT2D eigenvalue weighted by molar-refractivity contribution is 9.10. The molecule has 106 valence electrons. The van der Waals surface area contributed by atoms with Crippen molar-refractivity contribution in [1.29, 1.82) is 0 Å². The Balaban J connectivity index is 2.28. The Morgan fingerprint density at radius 3 is 2.80 bits per heavy atom. The fourth-order valence-electron chi connectivity index (χ4n) is 2.37. The van der Waals surface area contributed by atoms with Crippen LogP contribution in [0.4, 0.5) is 4.39 Å². The summed E-state index contributed by atoms with van der Waals surface area (Å²) in [6.45, 7) is 4.93. The highest BCUT2D eigenvalue weighted by atomic mass is 79.9. The molecule has 0 saturated carbocycles. The van der Waals surface area contributed by atoms with Crippen LogP contribution in [0.15, 0.2) is 41.0 Å².